The van der Waals surface area contributed by atoms with Crippen LogP contribution in [0.1, 0.15) is 128 Å². The van der Waals surface area contributed by atoms with Crippen molar-refractivity contribution in [2.45, 2.75) is 110 Å². The standard InChI is InChI=1S/C101H88BFN2/c1-97(2,3)73-55-71(56-74(61-73)98(4,5)6)69-51-53-90-87(59-69)102-88-60-70(72-57-75(99(7,8)9)62-76(58-72)100(10,11)12)52-54-91(88)105(96-80(67-37-21-15-22-38-67)45-32-46-81(96)68-39-23-16-24-40-68)93-64-77(101(86-49-29-30-50-89(86)103)84-47-27-25-41-82(84)83-42-26-28-48-85(83)101)63-92(94(93)102)104(90)95-78(65-33-17-13-18-34-65)43-31-44-79(95)66-35-19-14-20-36-66/h13-64H,1-12H3. The topological polar surface area (TPSA) is 6.48 Å². The van der Waals surface area contributed by atoms with Gasteiger partial charge in [-0.2, -0.15) is 0 Å². The lowest BCUT2D eigenvalue weighted by Gasteiger charge is -2.47. The maximum absolute atomic E-state index is 18.5. The van der Waals surface area contributed by atoms with Crippen LogP contribution in [0.15, 0.2) is 315 Å². The van der Waals surface area contributed by atoms with Crippen LogP contribution in [0.4, 0.5) is 38.5 Å². The Balaban J connectivity index is 1.11. The molecule has 0 saturated heterocycles. The third-order valence-corrected chi connectivity index (χ3v) is 22.6. The fraction of sp³-hybridized carbons (Fsp3) is 0.168. The normalized spacial score (nSPS) is 13.6. The summed E-state index contributed by atoms with van der Waals surface area (Å²) in [4.78, 5) is 5.29. The maximum Gasteiger partial charge on any atom is 0.252 e. The van der Waals surface area contributed by atoms with E-state index in [4.69, 9.17) is 0 Å². The van der Waals surface area contributed by atoms with Crippen molar-refractivity contribution in [1.29, 1.82) is 0 Å². The van der Waals surface area contributed by atoms with Gasteiger partial charge in [0, 0.05) is 50.6 Å². The minimum Gasteiger partial charge on any atom is -0.310 e. The highest BCUT2D eigenvalue weighted by Gasteiger charge is 2.52. The first-order chi connectivity index (χ1) is 50.5. The summed E-state index contributed by atoms with van der Waals surface area (Å²) in [5.41, 5.74) is 32.5. The van der Waals surface area contributed by atoms with Crippen LogP contribution < -0.4 is 26.2 Å². The summed E-state index contributed by atoms with van der Waals surface area (Å²) in [5, 5.41) is 0. The molecule has 14 aromatic rings. The van der Waals surface area contributed by atoms with Crippen molar-refractivity contribution in [1.82, 2.24) is 0 Å². The lowest BCUT2D eigenvalue weighted by Crippen LogP contribution is -2.61. The molecule has 4 heteroatoms. The number of halogens is 1. The molecule has 0 atom stereocenters. The molecule has 512 valence electrons. The smallest absolute Gasteiger partial charge is 0.252 e. The average Bonchev–Trinajstić information content (AvgIpc) is 1.67. The van der Waals surface area contributed by atoms with Gasteiger partial charge in [0.05, 0.1) is 16.8 Å². The first-order valence-electron chi connectivity index (χ1n) is 37.4. The number of benzene rings is 14. The summed E-state index contributed by atoms with van der Waals surface area (Å²) in [7, 11) is 0. The number of hydrogen-bond acceptors (Lipinski definition) is 2. The van der Waals surface area contributed by atoms with Crippen LogP contribution in [-0.2, 0) is 27.1 Å². The van der Waals surface area contributed by atoms with Crippen molar-refractivity contribution < 1.29 is 4.39 Å². The second kappa shape index (κ2) is 25.2. The van der Waals surface area contributed by atoms with Gasteiger partial charge < -0.3 is 9.80 Å². The Hall–Kier alpha value is -11.3. The van der Waals surface area contributed by atoms with Crippen molar-refractivity contribution in [3.05, 3.63) is 366 Å². The Morgan fingerprint density at radius 1 is 0.257 bits per heavy atom. The first kappa shape index (κ1) is 66.9. The van der Waals surface area contributed by atoms with Crippen LogP contribution in [0, 0.1) is 5.82 Å². The molecule has 0 unspecified atom stereocenters. The van der Waals surface area contributed by atoms with E-state index in [9.17, 15) is 0 Å². The highest BCUT2D eigenvalue weighted by atomic mass is 19.1. The van der Waals surface area contributed by atoms with Crippen LogP contribution in [0.3, 0.4) is 0 Å². The van der Waals surface area contributed by atoms with Gasteiger partial charge in [-0.1, -0.05) is 368 Å². The molecule has 0 bridgehead atoms. The molecular weight excluding hydrogens is 1270 g/mol. The molecule has 1 aliphatic carbocycles. The molecule has 2 aliphatic heterocycles. The van der Waals surface area contributed by atoms with E-state index >= 15 is 4.39 Å². The first-order valence-corrected chi connectivity index (χ1v) is 37.4. The molecule has 0 radical (unpaired) electrons. The van der Waals surface area contributed by atoms with E-state index in [1.807, 2.05) is 18.2 Å². The largest absolute Gasteiger partial charge is 0.310 e. The highest BCUT2D eigenvalue weighted by Crippen LogP contribution is 2.60. The van der Waals surface area contributed by atoms with Crippen LogP contribution in [-0.4, -0.2) is 6.71 Å². The molecule has 0 saturated carbocycles. The van der Waals surface area contributed by atoms with Gasteiger partial charge in [0.2, 0.25) is 0 Å². The SMILES string of the molecule is CC(C)(C)c1cc(-c2ccc3c(c2)B2c4cc(-c5cc(C(C)(C)C)cc(C(C)(C)C)c5)ccc4N(c4c(-c5ccccc5)cccc4-c4ccccc4)c4cc(C5(c6ccccc6F)c6ccccc6-c6ccccc65)cc(c42)N3c2c(-c3ccccc3)cccc2-c2ccccc2)cc(C(C)(C)C)c1. The zero-order chi connectivity index (χ0) is 72.5. The lowest BCUT2D eigenvalue weighted by atomic mass is 9.33. The van der Waals surface area contributed by atoms with E-state index < -0.39 is 5.41 Å². The Bertz CT molecular complexity index is 5220. The molecule has 14 aromatic carbocycles. The van der Waals surface area contributed by atoms with Gasteiger partial charge >= 0.3 is 0 Å². The van der Waals surface area contributed by atoms with Gasteiger partial charge in [0.1, 0.15) is 5.82 Å². The predicted molar refractivity (Wildman–Crippen MR) is 445 cm³/mol. The minimum atomic E-state index is -1.18. The van der Waals surface area contributed by atoms with E-state index in [-0.39, 0.29) is 34.2 Å². The molecular formula is C101H88BFN2. The summed E-state index contributed by atoms with van der Waals surface area (Å²) in [6.45, 7) is 27.7. The number of para-hydroxylation sites is 2. The molecule has 0 amide bonds. The molecule has 105 heavy (non-hydrogen) atoms. The molecule has 0 aromatic heterocycles. The monoisotopic (exact) mass is 1360 g/mol. The Labute approximate surface area is 621 Å². The summed E-state index contributed by atoms with van der Waals surface area (Å²) in [6.07, 6.45) is 0. The summed E-state index contributed by atoms with van der Waals surface area (Å²) in [6, 6.07) is 117. The third kappa shape index (κ3) is 11.3. The Morgan fingerprint density at radius 3 is 0.895 bits per heavy atom. The van der Waals surface area contributed by atoms with E-state index in [2.05, 4.69) is 384 Å². The lowest BCUT2D eigenvalue weighted by molar-refractivity contribution is 0.568. The van der Waals surface area contributed by atoms with Crippen molar-refractivity contribution >= 4 is 57.2 Å². The second-order valence-corrected chi connectivity index (χ2v) is 33.4. The fourth-order valence-electron chi connectivity index (χ4n) is 17.1. The van der Waals surface area contributed by atoms with Crippen LogP contribution in [0.25, 0.3) is 77.9 Å². The van der Waals surface area contributed by atoms with Gasteiger partial charge in [-0.25, -0.2) is 4.39 Å². The fourth-order valence-corrected chi connectivity index (χ4v) is 17.1. The Kier molecular flexibility index (Phi) is 16.1. The van der Waals surface area contributed by atoms with Crippen LogP contribution in [0.2, 0.25) is 0 Å². The second-order valence-electron chi connectivity index (χ2n) is 33.4. The van der Waals surface area contributed by atoms with Crippen molar-refractivity contribution in [2.75, 3.05) is 9.80 Å². The van der Waals surface area contributed by atoms with Gasteiger partial charge in [-0.3, -0.25) is 0 Å². The van der Waals surface area contributed by atoms with Gasteiger partial charge in [-0.15, -0.1) is 0 Å². The number of nitrogens with zero attached hydrogens (tertiary/aromatic N) is 2. The molecule has 2 nitrogen and oxygen atoms in total. The molecule has 17 rings (SSSR count). The minimum absolute atomic E-state index is 0.129. The Morgan fingerprint density at radius 2 is 0.562 bits per heavy atom. The van der Waals surface area contributed by atoms with E-state index in [1.54, 1.807) is 6.07 Å². The van der Waals surface area contributed by atoms with E-state index in [1.165, 1.54) is 44.3 Å². The summed E-state index contributed by atoms with van der Waals surface area (Å²) in [5.74, 6) is -0.269. The molecule has 2 heterocycles. The molecule has 0 spiro atoms. The predicted octanol–water partition coefficient (Wildman–Crippen LogP) is 25.5. The third-order valence-electron chi connectivity index (χ3n) is 22.6. The van der Waals surface area contributed by atoms with Crippen molar-refractivity contribution in [3.63, 3.8) is 0 Å². The number of anilines is 6. The van der Waals surface area contributed by atoms with Gasteiger partial charge in [-0.05, 0) is 163 Å². The zero-order valence-corrected chi connectivity index (χ0v) is 62.4. The molecule has 0 N–H and O–H groups in total. The van der Waals surface area contributed by atoms with Crippen LogP contribution >= 0.6 is 0 Å². The summed E-state index contributed by atoms with van der Waals surface area (Å²) >= 11 is 0. The molecule has 3 aliphatic rings. The van der Waals surface area contributed by atoms with Gasteiger partial charge in [0.25, 0.3) is 6.71 Å². The zero-order valence-electron chi connectivity index (χ0n) is 62.4. The van der Waals surface area contributed by atoms with E-state index in [0.29, 0.717) is 5.56 Å². The van der Waals surface area contributed by atoms with Crippen molar-refractivity contribution in [3.8, 4) is 77.9 Å². The quantitative estimate of drug-likeness (QED) is 0.126. The average molecular weight is 1360 g/mol. The maximum atomic E-state index is 18.5. The van der Waals surface area contributed by atoms with Crippen LogP contribution in [0.5, 0.6) is 0 Å². The highest BCUT2D eigenvalue weighted by molar-refractivity contribution is 7.00. The number of rotatable bonds is 10. The van der Waals surface area contributed by atoms with Crippen molar-refractivity contribution in [2.24, 2.45) is 0 Å². The number of hydrogen-bond donors (Lipinski definition) is 0. The van der Waals surface area contributed by atoms with Gasteiger partial charge in [0.15, 0.2) is 0 Å². The molecule has 0 fully saturated rings. The summed E-state index contributed by atoms with van der Waals surface area (Å²) < 4.78 is 18.5. The van der Waals surface area contributed by atoms with E-state index in [0.717, 1.165) is 123 Å². The number of fused-ring (bicyclic) bond motifs is 7.